The monoisotopic (exact) mass is 418 g/mol. The van der Waals surface area contributed by atoms with Gasteiger partial charge in [0.1, 0.15) is 4.83 Å². The first kappa shape index (κ1) is 20.4. The van der Waals surface area contributed by atoms with Crippen molar-refractivity contribution in [1.82, 2.24) is 9.55 Å². The molecule has 2 aromatic heterocycles. The van der Waals surface area contributed by atoms with Gasteiger partial charge in [-0.1, -0.05) is 6.07 Å². The average Bonchev–Trinajstić information content (AvgIpc) is 3.03. The van der Waals surface area contributed by atoms with Crippen molar-refractivity contribution in [1.29, 1.82) is 0 Å². The van der Waals surface area contributed by atoms with Crippen LogP contribution in [-0.2, 0) is 24.2 Å². The number of nitrogen functional groups attached to an aromatic ring is 1. The first-order valence-corrected chi connectivity index (χ1v) is 10.0. The number of hydrogen-bond donors (Lipinski definition) is 2. The lowest BCUT2D eigenvalue weighted by atomic mass is 9.97. The summed E-state index contributed by atoms with van der Waals surface area (Å²) in [6.07, 6.45) is 6.05. The largest absolute Gasteiger partial charge is 0.399 e. The summed E-state index contributed by atoms with van der Waals surface area (Å²) in [7, 11) is 0. The predicted molar refractivity (Wildman–Crippen MR) is 117 cm³/mol. The van der Waals surface area contributed by atoms with Crippen molar-refractivity contribution in [2.24, 2.45) is 0 Å². The summed E-state index contributed by atoms with van der Waals surface area (Å²) in [5, 5.41) is 3.62. The van der Waals surface area contributed by atoms with E-state index in [1.165, 1.54) is 16.9 Å². The fraction of sp³-hybridized carbons (Fsp3) is 0.350. The molecule has 6 nitrogen and oxygen atoms in total. The average molecular weight is 419 g/mol. The molecule has 3 N–H and O–H groups in total. The molecule has 0 aliphatic heterocycles. The van der Waals surface area contributed by atoms with Gasteiger partial charge in [-0.2, -0.15) is 0 Å². The van der Waals surface area contributed by atoms with Crippen molar-refractivity contribution in [2.75, 3.05) is 11.1 Å². The van der Waals surface area contributed by atoms with Crippen LogP contribution in [0.15, 0.2) is 29.3 Å². The van der Waals surface area contributed by atoms with Gasteiger partial charge < -0.3 is 11.1 Å². The summed E-state index contributed by atoms with van der Waals surface area (Å²) < 4.78 is 1.55. The first-order valence-electron chi connectivity index (χ1n) is 9.18. The number of aryl methyl sites for hydroxylation is 4. The van der Waals surface area contributed by atoms with Gasteiger partial charge in [0.15, 0.2) is 0 Å². The predicted octanol–water partition coefficient (Wildman–Crippen LogP) is 3.68. The van der Waals surface area contributed by atoms with E-state index in [0.29, 0.717) is 17.9 Å². The standard InChI is InChI=1S/C20H22N4O2S.ClH/c1-12-6-7-13(21)10-15(12)23-17(25)8-9-24-11-22-19-18(20(24)26)14-4-2-3-5-16(14)27-19;/h6-7,10-11H,2-5,8-9,21H2,1H3,(H,23,25);1H. The summed E-state index contributed by atoms with van der Waals surface area (Å²) in [5.41, 5.74) is 9.17. The Bertz CT molecular complexity index is 1090. The maximum atomic E-state index is 12.9. The molecule has 0 unspecified atom stereocenters. The Hall–Kier alpha value is -2.38. The van der Waals surface area contributed by atoms with E-state index in [-0.39, 0.29) is 30.3 Å². The summed E-state index contributed by atoms with van der Waals surface area (Å²) >= 11 is 1.64. The third-order valence-electron chi connectivity index (χ3n) is 5.06. The Kier molecular flexibility index (Phi) is 6.05. The lowest BCUT2D eigenvalue weighted by Gasteiger charge is -2.11. The fourth-order valence-electron chi connectivity index (χ4n) is 3.55. The number of aromatic nitrogens is 2. The summed E-state index contributed by atoms with van der Waals surface area (Å²) in [4.78, 5) is 31.8. The number of carbonyl (C=O) groups is 1. The lowest BCUT2D eigenvalue weighted by molar-refractivity contribution is -0.116. The molecule has 1 aromatic carbocycles. The first-order chi connectivity index (χ1) is 13.0. The molecule has 0 atom stereocenters. The number of benzene rings is 1. The van der Waals surface area contributed by atoms with E-state index in [4.69, 9.17) is 5.73 Å². The number of carbonyl (C=O) groups excluding carboxylic acids is 1. The van der Waals surface area contributed by atoms with Crippen LogP contribution in [0.3, 0.4) is 0 Å². The molecule has 148 valence electrons. The Balaban J connectivity index is 0.00000225. The Morgan fingerprint density at radius 3 is 2.93 bits per heavy atom. The molecule has 4 rings (SSSR count). The van der Waals surface area contributed by atoms with Gasteiger partial charge in [0.05, 0.1) is 11.7 Å². The van der Waals surface area contributed by atoms with Crippen LogP contribution in [-0.4, -0.2) is 15.5 Å². The number of halogens is 1. The second kappa shape index (κ2) is 8.32. The highest BCUT2D eigenvalue weighted by molar-refractivity contribution is 7.18. The molecule has 2 heterocycles. The summed E-state index contributed by atoms with van der Waals surface area (Å²) in [6.45, 7) is 2.22. The topological polar surface area (TPSA) is 90.0 Å². The lowest BCUT2D eigenvalue weighted by Crippen LogP contribution is -2.24. The Morgan fingerprint density at radius 2 is 2.11 bits per heavy atom. The second-order valence-electron chi connectivity index (χ2n) is 7.01. The maximum Gasteiger partial charge on any atom is 0.262 e. The number of nitrogens with two attached hydrogens (primary N) is 1. The number of rotatable bonds is 4. The maximum absolute atomic E-state index is 12.9. The number of amides is 1. The minimum Gasteiger partial charge on any atom is -0.399 e. The van der Waals surface area contributed by atoms with Crippen molar-refractivity contribution in [3.05, 3.63) is 50.9 Å². The van der Waals surface area contributed by atoms with E-state index >= 15 is 0 Å². The van der Waals surface area contributed by atoms with Crippen LogP contribution < -0.4 is 16.6 Å². The molecule has 0 radical (unpaired) electrons. The molecule has 1 aliphatic rings. The van der Waals surface area contributed by atoms with Gasteiger partial charge >= 0.3 is 0 Å². The molecule has 0 bridgehead atoms. The minimum absolute atomic E-state index is 0. The van der Waals surface area contributed by atoms with Crippen LogP contribution in [0.2, 0.25) is 0 Å². The van der Waals surface area contributed by atoms with Gasteiger partial charge in [-0.25, -0.2) is 4.98 Å². The number of thiophene rings is 1. The van der Waals surface area contributed by atoms with Crippen molar-refractivity contribution in [3.8, 4) is 0 Å². The van der Waals surface area contributed by atoms with Gasteiger partial charge in [0, 0.05) is 29.2 Å². The van der Waals surface area contributed by atoms with E-state index in [9.17, 15) is 9.59 Å². The van der Waals surface area contributed by atoms with Crippen LogP contribution in [0.5, 0.6) is 0 Å². The third-order valence-corrected chi connectivity index (χ3v) is 6.26. The zero-order chi connectivity index (χ0) is 19.0. The molecule has 3 aromatic rings. The number of hydrogen-bond acceptors (Lipinski definition) is 5. The van der Waals surface area contributed by atoms with E-state index in [0.717, 1.165) is 35.0 Å². The van der Waals surface area contributed by atoms with Crippen LogP contribution in [0.4, 0.5) is 11.4 Å². The molecule has 0 fully saturated rings. The highest BCUT2D eigenvalue weighted by atomic mass is 35.5. The quantitative estimate of drug-likeness (QED) is 0.632. The van der Waals surface area contributed by atoms with Gasteiger partial charge in [-0.15, -0.1) is 23.7 Å². The highest BCUT2D eigenvalue weighted by Crippen LogP contribution is 2.33. The van der Waals surface area contributed by atoms with Gasteiger partial charge in [-0.3, -0.25) is 14.2 Å². The van der Waals surface area contributed by atoms with Crippen molar-refractivity contribution in [3.63, 3.8) is 0 Å². The number of nitrogens with zero attached hydrogens (tertiary/aromatic N) is 2. The minimum atomic E-state index is -0.150. The fourth-order valence-corrected chi connectivity index (χ4v) is 4.77. The molecular formula is C20H23ClN4O2S. The van der Waals surface area contributed by atoms with Gasteiger partial charge in [-0.05, 0) is 55.9 Å². The molecule has 0 spiro atoms. The molecular weight excluding hydrogens is 396 g/mol. The van der Waals surface area contributed by atoms with E-state index < -0.39 is 0 Å². The third kappa shape index (κ3) is 3.91. The number of nitrogens with one attached hydrogen (secondary N) is 1. The van der Waals surface area contributed by atoms with Gasteiger partial charge in [0.25, 0.3) is 5.56 Å². The SMILES string of the molecule is Cc1ccc(N)cc1NC(=O)CCn1cnc2sc3c(c2c1=O)CCCC3.Cl. The number of fused-ring (bicyclic) bond motifs is 3. The van der Waals surface area contributed by atoms with Crippen LogP contribution in [0.25, 0.3) is 10.2 Å². The van der Waals surface area contributed by atoms with E-state index in [2.05, 4.69) is 10.3 Å². The van der Waals surface area contributed by atoms with Crippen LogP contribution in [0, 0.1) is 6.92 Å². The van der Waals surface area contributed by atoms with Crippen molar-refractivity contribution in [2.45, 2.75) is 45.6 Å². The van der Waals surface area contributed by atoms with Crippen LogP contribution >= 0.6 is 23.7 Å². The van der Waals surface area contributed by atoms with Gasteiger partial charge in [0.2, 0.25) is 5.91 Å². The summed E-state index contributed by atoms with van der Waals surface area (Å²) in [5.74, 6) is -0.150. The normalized spacial score (nSPS) is 13.0. The molecule has 8 heteroatoms. The zero-order valence-electron chi connectivity index (χ0n) is 15.7. The van der Waals surface area contributed by atoms with Crippen LogP contribution in [0.1, 0.15) is 35.3 Å². The zero-order valence-corrected chi connectivity index (χ0v) is 17.3. The summed E-state index contributed by atoms with van der Waals surface area (Å²) in [6, 6.07) is 5.41. The van der Waals surface area contributed by atoms with E-state index in [1.807, 2.05) is 13.0 Å². The second-order valence-corrected chi connectivity index (χ2v) is 8.09. The molecule has 0 saturated heterocycles. The molecule has 1 aliphatic carbocycles. The molecule has 28 heavy (non-hydrogen) atoms. The molecule has 1 amide bonds. The Morgan fingerprint density at radius 1 is 1.32 bits per heavy atom. The van der Waals surface area contributed by atoms with Crippen molar-refractivity contribution < 1.29 is 4.79 Å². The smallest absolute Gasteiger partial charge is 0.262 e. The highest BCUT2D eigenvalue weighted by Gasteiger charge is 2.20. The van der Waals surface area contributed by atoms with E-state index in [1.54, 1.807) is 34.4 Å². The Labute approximate surface area is 173 Å². The number of anilines is 2. The molecule has 0 saturated carbocycles. The van der Waals surface area contributed by atoms with Crippen molar-refractivity contribution >= 4 is 51.2 Å².